The molecule has 0 spiro atoms. The number of rotatable bonds is 6. The molecule has 1 aliphatic heterocycles. The van der Waals surface area contributed by atoms with Crippen LogP contribution in [0.15, 0.2) is 30.3 Å². The summed E-state index contributed by atoms with van der Waals surface area (Å²) < 4.78 is 5.14. The van der Waals surface area contributed by atoms with Crippen molar-refractivity contribution in [3.63, 3.8) is 0 Å². The quantitative estimate of drug-likeness (QED) is 0.820. The summed E-state index contributed by atoms with van der Waals surface area (Å²) in [6, 6.07) is 8.80. The van der Waals surface area contributed by atoms with Crippen LogP contribution in [0.3, 0.4) is 0 Å². The van der Waals surface area contributed by atoms with Crippen molar-refractivity contribution in [1.82, 2.24) is 5.32 Å². The Morgan fingerprint density at radius 1 is 1.35 bits per heavy atom. The zero-order chi connectivity index (χ0) is 14.4. The molecule has 1 fully saturated rings. The van der Waals surface area contributed by atoms with Crippen molar-refractivity contribution in [2.75, 3.05) is 13.2 Å². The lowest BCUT2D eigenvalue weighted by Gasteiger charge is -2.16. The minimum absolute atomic E-state index is 0.214. The second kappa shape index (κ2) is 7.05. The van der Waals surface area contributed by atoms with Crippen molar-refractivity contribution >= 4 is 11.9 Å². The van der Waals surface area contributed by atoms with Gasteiger partial charge in [0.2, 0.25) is 5.91 Å². The van der Waals surface area contributed by atoms with Gasteiger partial charge in [-0.25, -0.2) is 4.79 Å². The normalized spacial score (nSPS) is 19.5. The molecule has 0 saturated carbocycles. The van der Waals surface area contributed by atoms with Crippen molar-refractivity contribution < 1.29 is 19.4 Å². The number of nitrogens with one attached hydrogen (secondary N) is 1. The zero-order valence-corrected chi connectivity index (χ0v) is 11.2. The molecule has 1 amide bonds. The van der Waals surface area contributed by atoms with Crippen LogP contribution in [0.1, 0.15) is 18.4 Å². The highest BCUT2D eigenvalue weighted by atomic mass is 16.5. The molecule has 0 unspecified atom stereocenters. The largest absolute Gasteiger partial charge is 0.480 e. The third-order valence-electron chi connectivity index (χ3n) is 3.48. The monoisotopic (exact) mass is 277 g/mol. The van der Waals surface area contributed by atoms with Crippen LogP contribution in [-0.2, 0) is 20.7 Å². The van der Waals surface area contributed by atoms with Crippen molar-refractivity contribution in [1.29, 1.82) is 0 Å². The highest BCUT2D eigenvalue weighted by molar-refractivity contribution is 5.85. The summed E-state index contributed by atoms with van der Waals surface area (Å²) in [6.45, 7) is 0.955. The molecular formula is C15H19NO4. The molecule has 1 aromatic carbocycles. The lowest BCUT2D eigenvalue weighted by molar-refractivity contribution is -0.142. The number of aryl methyl sites for hydroxylation is 1. The van der Waals surface area contributed by atoms with E-state index in [1.807, 2.05) is 30.3 Å². The van der Waals surface area contributed by atoms with Crippen molar-refractivity contribution in [2.45, 2.75) is 25.3 Å². The zero-order valence-electron chi connectivity index (χ0n) is 11.2. The molecule has 2 rings (SSSR count). The van der Waals surface area contributed by atoms with Gasteiger partial charge in [-0.15, -0.1) is 0 Å². The predicted molar refractivity (Wildman–Crippen MR) is 73.3 cm³/mol. The van der Waals surface area contributed by atoms with E-state index in [1.54, 1.807) is 0 Å². The molecule has 20 heavy (non-hydrogen) atoms. The summed E-state index contributed by atoms with van der Waals surface area (Å²) >= 11 is 0. The first-order valence-corrected chi connectivity index (χ1v) is 6.81. The maximum atomic E-state index is 11.9. The smallest absolute Gasteiger partial charge is 0.326 e. The molecule has 0 radical (unpaired) electrons. The van der Waals surface area contributed by atoms with Gasteiger partial charge in [0.15, 0.2) is 0 Å². The van der Waals surface area contributed by atoms with Gasteiger partial charge in [0.1, 0.15) is 6.04 Å². The molecule has 108 valence electrons. The maximum Gasteiger partial charge on any atom is 0.326 e. The van der Waals surface area contributed by atoms with Crippen LogP contribution in [-0.4, -0.2) is 36.2 Å². The molecule has 1 heterocycles. The molecule has 1 saturated heterocycles. The average Bonchev–Trinajstić information content (AvgIpc) is 2.98. The number of benzene rings is 1. The van der Waals surface area contributed by atoms with E-state index in [0.717, 1.165) is 5.56 Å². The standard InChI is InChI=1S/C15H19NO4/c17-14(12-8-9-20-10-12)16-13(15(18)19)7-6-11-4-2-1-3-5-11/h1-5,12-13H,6-10H2,(H,16,17)(H,18,19)/t12-,13+/m0/s1. The summed E-state index contributed by atoms with van der Waals surface area (Å²) in [5.74, 6) is -1.43. The molecule has 2 atom stereocenters. The number of ether oxygens (including phenoxy) is 1. The van der Waals surface area contributed by atoms with E-state index < -0.39 is 12.0 Å². The molecule has 5 nitrogen and oxygen atoms in total. The Kier molecular flexibility index (Phi) is 5.12. The molecule has 2 N–H and O–H groups in total. The molecule has 1 aromatic rings. The average molecular weight is 277 g/mol. The number of carbonyl (C=O) groups is 2. The van der Waals surface area contributed by atoms with E-state index in [1.165, 1.54) is 0 Å². The Balaban J connectivity index is 1.87. The molecular weight excluding hydrogens is 258 g/mol. The van der Waals surface area contributed by atoms with Crippen LogP contribution in [0.4, 0.5) is 0 Å². The summed E-state index contributed by atoms with van der Waals surface area (Å²) in [5.41, 5.74) is 1.07. The minimum Gasteiger partial charge on any atom is -0.480 e. The highest BCUT2D eigenvalue weighted by Crippen LogP contribution is 2.13. The predicted octanol–water partition coefficient (Wildman–Crippen LogP) is 1.23. The number of hydrogen-bond acceptors (Lipinski definition) is 3. The summed E-state index contributed by atoms with van der Waals surface area (Å²) in [4.78, 5) is 23.1. The van der Waals surface area contributed by atoms with Crippen molar-refractivity contribution in [3.8, 4) is 0 Å². The topological polar surface area (TPSA) is 75.6 Å². The van der Waals surface area contributed by atoms with E-state index in [-0.39, 0.29) is 11.8 Å². The molecule has 0 bridgehead atoms. The van der Waals surface area contributed by atoms with Gasteiger partial charge in [0.25, 0.3) is 0 Å². The molecule has 0 aliphatic carbocycles. The van der Waals surface area contributed by atoms with Crippen LogP contribution in [0.25, 0.3) is 0 Å². The van der Waals surface area contributed by atoms with E-state index in [2.05, 4.69) is 5.32 Å². The third kappa shape index (κ3) is 4.06. The van der Waals surface area contributed by atoms with E-state index in [4.69, 9.17) is 4.74 Å². The van der Waals surface area contributed by atoms with Gasteiger partial charge < -0.3 is 15.2 Å². The maximum absolute atomic E-state index is 11.9. The van der Waals surface area contributed by atoms with Crippen LogP contribution in [0.2, 0.25) is 0 Å². The summed E-state index contributed by atoms with van der Waals surface area (Å²) in [6.07, 6.45) is 1.68. The van der Waals surface area contributed by atoms with Gasteiger partial charge in [0.05, 0.1) is 12.5 Å². The van der Waals surface area contributed by atoms with Gasteiger partial charge in [-0.1, -0.05) is 30.3 Å². The number of carboxylic acids is 1. The van der Waals surface area contributed by atoms with E-state index >= 15 is 0 Å². The Morgan fingerprint density at radius 2 is 2.10 bits per heavy atom. The second-order valence-electron chi connectivity index (χ2n) is 4.98. The number of hydrogen-bond donors (Lipinski definition) is 2. The number of carbonyl (C=O) groups excluding carboxylic acids is 1. The summed E-state index contributed by atoms with van der Waals surface area (Å²) in [7, 11) is 0. The number of amides is 1. The fourth-order valence-corrected chi connectivity index (χ4v) is 2.24. The number of aliphatic carboxylic acids is 1. The van der Waals surface area contributed by atoms with Crippen LogP contribution in [0, 0.1) is 5.92 Å². The fraction of sp³-hybridized carbons (Fsp3) is 0.467. The SMILES string of the molecule is O=C(N[C@H](CCc1ccccc1)C(=O)O)[C@H]1CCOC1. The van der Waals surface area contributed by atoms with E-state index in [0.29, 0.717) is 32.5 Å². The first kappa shape index (κ1) is 14.5. The lowest BCUT2D eigenvalue weighted by atomic mass is 10.0. The van der Waals surface area contributed by atoms with E-state index in [9.17, 15) is 14.7 Å². The van der Waals surface area contributed by atoms with Gasteiger partial charge in [-0.05, 0) is 24.8 Å². The van der Waals surface area contributed by atoms with Crippen molar-refractivity contribution in [2.24, 2.45) is 5.92 Å². The third-order valence-corrected chi connectivity index (χ3v) is 3.48. The first-order chi connectivity index (χ1) is 9.66. The molecule has 0 aromatic heterocycles. The Bertz CT molecular complexity index is 454. The summed E-state index contributed by atoms with van der Waals surface area (Å²) in [5, 5.41) is 11.8. The van der Waals surface area contributed by atoms with Crippen LogP contribution in [0.5, 0.6) is 0 Å². The fourth-order valence-electron chi connectivity index (χ4n) is 2.24. The second-order valence-corrected chi connectivity index (χ2v) is 4.98. The van der Waals surface area contributed by atoms with Crippen LogP contribution >= 0.6 is 0 Å². The first-order valence-electron chi connectivity index (χ1n) is 6.81. The highest BCUT2D eigenvalue weighted by Gasteiger charge is 2.27. The Hall–Kier alpha value is -1.88. The molecule has 5 heteroatoms. The lowest BCUT2D eigenvalue weighted by Crippen LogP contribution is -2.44. The van der Waals surface area contributed by atoms with Gasteiger partial charge in [0, 0.05) is 6.61 Å². The van der Waals surface area contributed by atoms with Gasteiger partial charge in [-0.3, -0.25) is 4.79 Å². The van der Waals surface area contributed by atoms with Gasteiger partial charge >= 0.3 is 5.97 Å². The molecule has 1 aliphatic rings. The van der Waals surface area contributed by atoms with Crippen molar-refractivity contribution in [3.05, 3.63) is 35.9 Å². The Morgan fingerprint density at radius 3 is 2.70 bits per heavy atom. The minimum atomic E-state index is -0.992. The van der Waals surface area contributed by atoms with Crippen LogP contribution < -0.4 is 5.32 Å². The Labute approximate surface area is 117 Å². The number of carboxylic acid groups (broad SMARTS) is 1. The van der Waals surface area contributed by atoms with Gasteiger partial charge in [-0.2, -0.15) is 0 Å².